The first-order valence-electron chi connectivity index (χ1n) is 10.3. The van der Waals surface area contributed by atoms with Crippen LogP contribution in [0.3, 0.4) is 0 Å². The Labute approximate surface area is 171 Å². The van der Waals surface area contributed by atoms with Gasteiger partial charge in [0.1, 0.15) is 5.82 Å². The van der Waals surface area contributed by atoms with Crippen LogP contribution in [0.1, 0.15) is 63.3 Å². The molecule has 154 valence electrons. The maximum atomic E-state index is 13.9. The summed E-state index contributed by atoms with van der Waals surface area (Å²) in [5.41, 5.74) is 3.08. The summed E-state index contributed by atoms with van der Waals surface area (Å²) in [4.78, 5) is 0. The molecule has 0 bridgehead atoms. The van der Waals surface area contributed by atoms with E-state index in [1.165, 1.54) is 25.0 Å². The molecule has 1 aliphatic carbocycles. The van der Waals surface area contributed by atoms with Crippen LogP contribution in [-0.4, -0.2) is 24.7 Å². The Morgan fingerprint density at radius 2 is 2.00 bits per heavy atom. The van der Waals surface area contributed by atoms with Gasteiger partial charge in [0.15, 0.2) is 0 Å². The van der Waals surface area contributed by atoms with E-state index < -0.39 is 5.60 Å². The highest BCUT2D eigenvalue weighted by Crippen LogP contribution is 2.35. The van der Waals surface area contributed by atoms with E-state index >= 15 is 0 Å². The molecular formula is C23H29FN4O. The highest BCUT2D eigenvalue weighted by molar-refractivity contribution is 5.68. The van der Waals surface area contributed by atoms with E-state index in [2.05, 4.69) is 31.3 Å². The zero-order valence-electron chi connectivity index (χ0n) is 17.6. The van der Waals surface area contributed by atoms with Crippen LogP contribution in [0.25, 0.3) is 11.3 Å². The Morgan fingerprint density at radius 3 is 2.66 bits per heavy atom. The van der Waals surface area contributed by atoms with E-state index in [9.17, 15) is 9.50 Å². The Morgan fingerprint density at radius 1 is 1.24 bits per heavy atom. The van der Waals surface area contributed by atoms with Crippen LogP contribution in [0.15, 0.2) is 36.8 Å². The summed E-state index contributed by atoms with van der Waals surface area (Å²) < 4.78 is 17.9. The fraction of sp³-hybridized carbons (Fsp3) is 0.478. The first-order chi connectivity index (χ1) is 13.7. The van der Waals surface area contributed by atoms with Gasteiger partial charge in [-0.3, -0.25) is 9.36 Å². The maximum absolute atomic E-state index is 13.9. The minimum Gasteiger partial charge on any atom is -0.386 e. The summed E-state index contributed by atoms with van der Waals surface area (Å²) in [6.45, 7) is 8.49. The van der Waals surface area contributed by atoms with Crippen molar-refractivity contribution in [3.05, 3.63) is 59.3 Å². The van der Waals surface area contributed by atoms with E-state index in [-0.39, 0.29) is 11.9 Å². The second-order valence-corrected chi connectivity index (χ2v) is 9.02. The highest BCUT2D eigenvalue weighted by Gasteiger charge is 2.25. The molecular weight excluding hydrogens is 367 g/mol. The molecule has 1 N–H and O–H groups in total. The number of aromatic nitrogens is 4. The average Bonchev–Trinajstić information content (AvgIpc) is 3.18. The Hall–Kier alpha value is -2.47. The van der Waals surface area contributed by atoms with Crippen molar-refractivity contribution in [2.45, 2.75) is 65.1 Å². The smallest absolute Gasteiger partial charge is 0.123 e. The zero-order chi connectivity index (χ0) is 20.8. The van der Waals surface area contributed by atoms with Gasteiger partial charge in [0.2, 0.25) is 0 Å². The standard InChI is InChI=1S/C23H29FN4O/c1-15(2)28-14-18(9-17-11-25-27(13-17)12-16-5-6-16)22(26-28)20-8-7-19(24)10-21(20)23(3,4)29/h7-8,10-11,13-16,29H,5-6,9,12H2,1-4H3. The molecule has 0 amide bonds. The van der Waals surface area contributed by atoms with Crippen molar-refractivity contribution in [1.29, 1.82) is 0 Å². The van der Waals surface area contributed by atoms with Crippen LogP contribution in [0.5, 0.6) is 0 Å². The molecule has 5 nitrogen and oxygen atoms in total. The van der Waals surface area contributed by atoms with Crippen molar-refractivity contribution in [3.63, 3.8) is 0 Å². The van der Waals surface area contributed by atoms with E-state index in [0.717, 1.165) is 34.8 Å². The molecule has 1 aliphatic rings. The Bertz CT molecular complexity index is 1010. The van der Waals surface area contributed by atoms with Crippen LogP contribution in [0.4, 0.5) is 4.39 Å². The molecule has 6 heteroatoms. The lowest BCUT2D eigenvalue weighted by molar-refractivity contribution is 0.0788. The molecule has 0 spiro atoms. The molecule has 3 aromatic rings. The van der Waals surface area contributed by atoms with Crippen LogP contribution in [0, 0.1) is 11.7 Å². The summed E-state index contributed by atoms with van der Waals surface area (Å²) in [5, 5.41) is 19.9. The van der Waals surface area contributed by atoms with Gasteiger partial charge in [-0.2, -0.15) is 10.2 Å². The average molecular weight is 397 g/mol. The predicted molar refractivity (Wildman–Crippen MR) is 111 cm³/mol. The lowest BCUT2D eigenvalue weighted by Crippen LogP contribution is -2.17. The van der Waals surface area contributed by atoms with Gasteiger partial charge in [-0.1, -0.05) is 0 Å². The number of hydrogen-bond donors (Lipinski definition) is 1. The van der Waals surface area contributed by atoms with Crippen molar-refractivity contribution < 1.29 is 9.50 Å². The normalized spacial score (nSPS) is 14.7. The van der Waals surface area contributed by atoms with Gasteiger partial charge in [0.25, 0.3) is 0 Å². The minimum atomic E-state index is -1.18. The fourth-order valence-electron chi connectivity index (χ4n) is 3.66. The van der Waals surface area contributed by atoms with E-state index in [0.29, 0.717) is 12.0 Å². The second kappa shape index (κ2) is 7.41. The third-order valence-corrected chi connectivity index (χ3v) is 5.46. The summed E-state index contributed by atoms with van der Waals surface area (Å²) in [5.74, 6) is 0.410. The van der Waals surface area contributed by atoms with Gasteiger partial charge in [-0.05, 0) is 75.8 Å². The molecule has 1 aromatic carbocycles. The first-order valence-corrected chi connectivity index (χ1v) is 10.3. The maximum Gasteiger partial charge on any atom is 0.123 e. The highest BCUT2D eigenvalue weighted by atomic mass is 19.1. The molecule has 1 saturated carbocycles. The van der Waals surface area contributed by atoms with Crippen molar-refractivity contribution in [1.82, 2.24) is 19.6 Å². The van der Waals surface area contributed by atoms with Crippen LogP contribution >= 0.6 is 0 Å². The molecule has 1 fully saturated rings. The number of halogens is 1. The van der Waals surface area contributed by atoms with Crippen molar-refractivity contribution >= 4 is 0 Å². The topological polar surface area (TPSA) is 55.9 Å². The third kappa shape index (κ3) is 4.42. The van der Waals surface area contributed by atoms with E-state index in [1.54, 1.807) is 19.9 Å². The van der Waals surface area contributed by atoms with Gasteiger partial charge < -0.3 is 5.11 Å². The number of rotatable bonds is 7. The minimum absolute atomic E-state index is 0.200. The molecule has 2 aromatic heterocycles. The second-order valence-electron chi connectivity index (χ2n) is 9.02. The number of nitrogens with zero attached hydrogens (tertiary/aromatic N) is 4. The Kier molecular flexibility index (Phi) is 5.07. The predicted octanol–water partition coefficient (Wildman–Crippen LogP) is 4.69. The van der Waals surface area contributed by atoms with Crippen molar-refractivity contribution in [3.8, 4) is 11.3 Å². The monoisotopic (exact) mass is 396 g/mol. The summed E-state index contributed by atoms with van der Waals surface area (Å²) in [6.07, 6.45) is 9.36. The summed E-state index contributed by atoms with van der Waals surface area (Å²) in [6, 6.07) is 4.75. The number of aliphatic hydroxyl groups is 1. The molecule has 0 radical (unpaired) electrons. The van der Waals surface area contributed by atoms with Crippen molar-refractivity contribution in [2.24, 2.45) is 5.92 Å². The quantitative estimate of drug-likeness (QED) is 0.630. The molecule has 4 rings (SSSR count). The van der Waals surface area contributed by atoms with E-state index in [4.69, 9.17) is 5.10 Å². The van der Waals surface area contributed by atoms with Crippen LogP contribution in [0.2, 0.25) is 0 Å². The van der Waals surface area contributed by atoms with Crippen molar-refractivity contribution in [2.75, 3.05) is 0 Å². The van der Waals surface area contributed by atoms with Gasteiger partial charge in [0.05, 0.1) is 17.5 Å². The lowest BCUT2D eigenvalue weighted by atomic mass is 9.90. The van der Waals surface area contributed by atoms with Crippen LogP contribution in [-0.2, 0) is 18.6 Å². The summed E-state index contributed by atoms with van der Waals surface area (Å²) in [7, 11) is 0. The van der Waals surface area contributed by atoms with Gasteiger partial charge in [-0.25, -0.2) is 4.39 Å². The van der Waals surface area contributed by atoms with E-state index in [1.807, 2.05) is 15.6 Å². The largest absolute Gasteiger partial charge is 0.386 e. The van der Waals surface area contributed by atoms with Gasteiger partial charge >= 0.3 is 0 Å². The van der Waals surface area contributed by atoms with Gasteiger partial charge in [0, 0.05) is 42.5 Å². The molecule has 29 heavy (non-hydrogen) atoms. The first kappa shape index (κ1) is 19.8. The number of hydrogen-bond acceptors (Lipinski definition) is 3. The molecule has 0 atom stereocenters. The summed E-state index contributed by atoms with van der Waals surface area (Å²) >= 11 is 0. The molecule has 2 heterocycles. The SMILES string of the molecule is CC(C)n1cc(Cc2cnn(CC3CC3)c2)c(-c2ccc(F)cc2C(C)(C)O)n1. The molecule has 0 aliphatic heterocycles. The zero-order valence-corrected chi connectivity index (χ0v) is 17.6. The fourth-order valence-corrected chi connectivity index (χ4v) is 3.66. The van der Waals surface area contributed by atoms with Gasteiger partial charge in [-0.15, -0.1) is 0 Å². The molecule has 0 unspecified atom stereocenters. The lowest BCUT2D eigenvalue weighted by Gasteiger charge is -2.21. The van der Waals surface area contributed by atoms with Crippen LogP contribution < -0.4 is 0 Å². The third-order valence-electron chi connectivity index (χ3n) is 5.46. The molecule has 0 saturated heterocycles. The number of benzene rings is 1. The Balaban J connectivity index is 1.73.